The fourth-order valence-electron chi connectivity index (χ4n) is 3.77. The maximum absolute atomic E-state index is 12.1. The maximum Gasteiger partial charge on any atom is 0.249 e. The van der Waals surface area contributed by atoms with Crippen LogP contribution in [0.1, 0.15) is 29.8 Å². The molecule has 0 unspecified atom stereocenters. The molecular formula is C25H25N5O. The minimum absolute atomic E-state index is 0.200. The Balaban J connectivity index is 1.88. The van der Waals surface area contributed by atoms with Crippen LogP contribution in [0.25, 0.3) is 33.8 Å². The first kappa shape index (κ1) is 20.3. The number of nitrogen functional groups attached to an aromatic ring is 1. The Morgan fingerprint density at radius 2 is 1.77 bits per heavy atom. The van der Waals surface area contributed by atoms with Crippen LogP contribution in [-0.2, 0) is 6.42 Å². The summed E-state index contributed by atoms with van der Waals surface area (Å²) in [4.78, 5) is 23.9. The molecule has 0 aliphatic heterocycles. The topological polar surface area (TPSA) is 111 Å². The van der Waals surface area contributed by atoms with Gasteiger partial charge in [-0.1, -0.05) is 56.3 Å². The molecule has 4 aromatic rings. The first-order chi connectivity index (χ1) is 14.9. The molecule has 31 heavy (non-hydrogen) atoms. The Morgan fingerprint density at radius 1 is 1.03 bits per heavy atom. The van der Waals surface area contributed by atoms with Crippen molar-refractivity contribution in [2.24, 2.45) is 11.7 Å². The van der Waals surface area contributed by atoms with Gasteiger partial charge in [-0.15, -0.1) is 0 Å². The number of aromatic nitrogens is 3. The van der Waals surface area contributed by atoms with Gasteiger partial charge < -0.3 is 16.5 Å². The molecule has 156 valence electrons. The van der Waals surface area contributed by atoms with Gasteiger partial charge in [0.2, 0.25) is 11.9 Å². The number of nitrogens with zero attached hydrogens (tertiary/aromatic N) is 2. The highest BCUT2D eigenvalue weighted by molar-refractivity contribution is 6.02. The average molecular weight is 412 g/mol. The quantitative estimate of drug-likeness (QED) is 0.427. The van der Waals surface area contributed by atoms with Gasteiger partial charge in [0.25, 0.3) is 0 Å². The number of H-pyrrole nitrogens is 1. The fourth-order valence-corrected chi connectivity index (χ4v) is 3.77. The third-order valence-electron chi connectivity index (χ3n) is 5.14. The molecule has 6 nitrogen and oxygen atoms in total. The molecule has 2 heterocycles. The van der Waals surface area contributed by atoms with E-state index in [1.165, 1.54) is 5.56 Å². The van der Waals surface area contributed by atoms with Crippen LogP contribution in [0.15, 0.2) is 66.9 Å². The molecule has 5 N–H and O–H groups in total. The van der Waals surface area contributed by atoms with E-state index in [1.807, 2.05) is 24.3 Å². The van der Waals surface area contributed by atoms with Gasteiger partial charge in [-0.25, -0.2) is 9.97 Å². The van der Waals surface area contributed by atoms with E-state index in [9.17, 15) is 4.79 Å². The summed E-state index contributed by atoms with van der Waals surface area (Å²) in [5.41, 5.74) is 18.2. The summed E-state index contributed by atoms with van der Waals surface area (Å²) in [6, 6.07) is 19.6. The number of rotatable bonds is 6. The monoisotopic (exact) mass is 411 g/mol. The summed E-state index contributed by atoms with van der Waals surface area (Å²) < 4.78 is 0. The molecule has 4 rings (SSSR count). The lowest BCUT2D eigenvalue weighted by atomic mass is 9.95. The van der Waals surface area contributed by atoms with Crippen LogP contribution in [0.3, 0.4) is 0 Å². The number of nitrogens with one attached hydrogen (secondary N) is 1. The number of carbonyl (C=O) groups is 1. The number of benzene rings is 2. The number of carbonyl (C=O) groups excluding carboxylic acids is 1. The molecule has 2 aromatic heterocycles. The van der Waals surface area contributed by atoms with Crippen molar-refractivity contribution in [3.8, 4) is 33.8 Å². The number of anilines is 1. The van der Waals surface area contributed by atoms with E-state index < -0.39 is 5.91 Å². The summed E-state index contributed by atoms with van der Waals surface area (Å²) in [7, 11) is 0. The molecule has 2 aromatic carbocycles. The van der Waals surface area contributed by atoms with Gasteiger partial charge >= 0.3 is 0 Å². The molecule has 0 aliphatic rings. The van der Waals surface area contributed by atoms with Gasteiger partial charge in [-0.05, 0) is 47.2 Å². The average Bonchev–Trinajstić information content (AvgIpc) is 3.19. The van der Waals surface area contributed by atoms with Crippen LogP contribution < -0.4 is 11.5 Å². The second-order valence-electron chi connectivity index (χ2n) is 7.98. The predicted molar refractivity (Wildman–Crippen MR) is 124 cm³/mol. The van der Waals surface area contributed by atoms with E-state index in [-0.39, 0.29) is 5.95 Å². The highest BCUT2D eigenvalue weighted by Gasteiger charge is 2.18. The molecule has 0 aliphatic carbocycles. The lowest BCUT2D eigenvalue weighted by molar-refractivity contribution is 0.100. The van der Waals surface area contributed by atoms with E-state index in [0.717, 1.165) is 34.5 Å². The number of aromatic amines is 1. The summed E-state index contributed by atoms with van der Waals surface area (Å²) in [6.45, 7) is 4.41. The van der Waals surface area contributed by atoms with Crippen molar-refractivity contribution >= 4 is 11.9 Å². The predicted octanol–water partition coefficient (Wildman–Crippen LogP) is 4.69. The smallest absolute Gasteiger partial charge is 0.249 e. The van der Waals surface area contributed by atoms with E-state index in [0.29, 0.717) is 17.2 Å². The SMILES string of the molecule is CC(C)Cc1ccc(-c2[nH]c(-c3ccnc(N)n3)cc2-c2ccccc2C(N)=O)cc1. The first-order valence-electron chi connectivity index (χ1n) is 10.2. The molecule has 0 saturated heterocycles. The Labute approximate surface area is 181 Å². The molecule has 1 amide bonds. The zero-order valence-electron chi connectivity index (χ0n) is 17.6. The molecule has 0 radical (unpaired) electrons. The summed E-state index contributed by atoms with van der Waals surface area (Å²) in [5, 5.41) is 0. The van der Waals surface area contributed by atoms with E-state index in [2.05, 4.69) is 53.1 Å². The Hall–Kier alpha value is -3.93. The van der Waals surface area contributed by atoms with E-state index in [4.69, 9.17) is 11.5 Å². The third-order valence-corrected chi connectivity index (χ3v) is 5.14. The molecule has 0 bridgehead atoms. The van der Waals surface area contributed by atoms with Gasteiger partial charge in [0.15, 0.2) is 0 Å². The number of hydrogen-bond acceptors (Lipinski definition) is 4. The lowest BCUT2D eigenvalue weighted by Gasteiger charge is -2.10. The zero-order valence-corrected chi connectivity index (χ0v) is 17.6. The summed E-state index contributed by atoms with van der Waals surface area (Å²) >= 11 is 0. The van der Waals surface area contributed by atoms with Crippen LogP contribution >= 0.6 is 0 Å². The van der Waals surface area contributed by atoms with Crippen LogP contribution in [-0.4, -0.2) is 20.9 Å². The third kappa shape index (κ3) is 4.33. The second kappa shape index (κ2) is 8.44. The highest BCUT2D eigenvalue weighted by Crippen LogP contribution is 2.37. The van der Waals surface area contributed by atoms with Crippen molar-refractivity contribution < 1.29 is 4.79 Å². The van der Waals surface area contributed by atoms with Crippen molar-refractivity contribution in [2.75, 3.05) is 5.73 Å². The standard InChI is InChI=1S/C25H25N5O/c1-15(2)13-16-7-9-17(10-8-16)23-20(18-5-3-4-6-19(18)24(26)31)14-22(29-23)21-11-12-28-25(27)30-21/h3-12,14-15,29H,13H2,1-2H3,(H2,26,31)(H2,27,28,30). The van der Waals surface area contributed by atoms with Crippen LogP contribution in [0.2, 0.25) is 0 Å². The Kier molecular flexibility index (Phi) is 5.54. The number of hydrogen-bond donors (Lipinski definition) is 3. The minimum atomic E-state index is -0.470. The fraction of sp³-hybridized carbons (Fsp3) is 0.160. The molecule has 0 saturated carbocycles. The van der Waals surface area contributed by atoms with Gasteiger partial charge in [0, 0.05) is 17.3 Å². The molecule has 0 fully saturated rings. The number of primary amides is 1. The largest absolute Gasteiger partial charge is 0.368 e. The molecule has 6 heteroatoms. The van der Waals surface area contributed by atoms with E-state index >= 15 is 0 Å². The van der Waals surface area contributed by atoms with Gasteiger partial charge in [0.1, 0.15) is 0 Å². The van der Waals surface area contributed by atoms with Gasteiger partial charge in [-0.2, -0.15) is 0 Å². The van der Waals surface area contributed by atoms with Crippen LogP contribution in [0.4, 0.5) is 5.95 Å². The summed E-state index contributed by atoms with van der Waals surface area (Å²) in [6.07, 6.45) is 2.64. The first-order valence-corrected chi connectivity index (χ1v) is 10.2. The summed E-state index contributed by atoms with van der Waals surface area (Å²) in [5.74, 6) is 0.317. The van der Waals surface area contributed by atoms with Crippen LogP contribution in [0.5, 0.6) is 0 Å². The number of amides is 1. The second-order valence-corrected chi connectivity index (χ2v) is 7.98. The van der Waals surface area contributed by atoms with Crippen molar-refractivity contribution in [3.63, 3.8) is 0 Å². The lowest BCUT2D eigenvalue weighted by Crippen LogP contribution is -2.12. The molecular weight excluding hydrogens is 386 g/mol. The molecule has 0 spiro atoms. The zero-order chi connectivity index (χ0) is 22.0. The highest BCUT2D eigenvalue weighted by atomic mass is 16.1. The minimum Gasteiger partial charge on any atom is -0.368 e. The van der Waals surface area contributed by atoms with Gasteiger partial charge in [-0.3, -0.25) is 4.79 Å². The number of nitrogens with two attached hydrogens (primary N) is 2. The van der Waals surface area contributed by atoms with Gasteiger partial charge in [0.05, 0.1) is 17.1 Å². The van der Waals surface area contributed by atoms with Crippen molar-refractivity contribution in [1.82, 2.24) is 15.0 Å². The Bertz CT molecular complexity index is 1220. The van der Waals surface area contributed by atoms with E-state index in [1.54, 1.807) is 18.3 Å². The van der Waals surface area contributed by atoms with Crippen molar-refractivity contribution in [3.05, 3.63) is 78.0 Å². The Morgan fingerprint density at radius 3 is 2.45 bits per heavy atom. The normalized spacial score (nSPS) is 11.1. The maximum atomic E-state index is 12.1. The van der Waals surface area contributed by atoms with Crippen molar-refractivity contribution in [1.29, 1.82) is 0 Å². The van der Waals surface area contributed by atoms with Crippen LogP contribution in [0, 0.1) is 5.92 Å². The molecule has 0 atom stereocenters. The van der Waals surface area contributed by atoms with Crippen molar-refractivity contribution in [2.45, 2.75) is 20.3 Å².